The number of rotatable bonds is 1. The topological polar surface area (TPSA) is 12.0 Å². The van der Waals surface area contributed by atoms with Gasteiger partial charge in [0, 0.05) is 23.1 Å². The molecule has 0 spiro atoms. The molecular weight excluding hydrogens is 238 g/mol. The molecule has 4 aliphatic carbocycles. The second kappa shape index (κ2) is 3.91. The van der Waals surface area contributed by atoms with Crippen molar-refractivity contribution in [2.75, 3.05) is 11.5 Å². The third-order valence-corrected chi connectivity index (χ3v) is 7.63. The Kier molecular flexibility index (Phi) is 2.63. The highest BCUT2D eigenvalue weighted by atomic mass is 32.2. The van der Waals surface area contributed by atoms with Gasteiger partial charge in [-0.25, -0.2) is 0 Å². The van der Waals surface area contributed by atoms with E-state index < -0.39 is 0 Å². The molecule has 18 heavy (non-hydrogen) atoms. The molecule has 5 fully saturated rings. The molecular formula is C16H27NS. The minimum Gasteiger partial charge on any atom is -0.307 e. The molecule has 1 heterocycles. The van der Waals surface area contributed by atoms with Crippen LogP contribution in [0.5, 0.6) is 0 Å². The molecule has 1 N–H and O–H groups in total. The van der Waals surface area contributed by atoms with Gasteiger partial charge in [-0.1, -0.05) is 0 Å². The number of thioether (sulfide) groups is 1. The van der Waals surface area contributed by atoms with Crippen LogP contribution in [-0.2, 0) is 0 Å². The van der Waals surface area contributed by atoms with E-state index in [1.165, 1.54) is 11.5 Å². The van der Waals surface area contributed by atoms with Gasteiger partial charge in [-0.3, -0.25) is 0 Å². The van der Waals surface area contributed by atoms with E-state index in [-0.39, 0.29) is 0 Å². The first kappa shape index (κ1) is 12.1. The fourth-order valence-electron chi connectivity index (χ4n) is 5.92. The van der Waals surface area contributed by atoms with Gasteiger partial charge in [-0.2, -0.15) is 11.8 Å². The van der Waals surface area contributed by atoms with E-state index in [1.807, 2.05) is 0 Å². The Morgan fingerprint density at radius 3 is 2.00 bits per heavy atom. The van der Waals surface area contributed by atoms with Crippen molar-refractivity contribution in [2.24, 2.45) is 23.2 Å². The summed E-state index contributed by atoms with van der Waals surface area (Å²) in [5.74, 6) is 5.93. The highest BCUT2D eigenvalue weighted by molar-refractivity contribution is 7.99. The Morgan fingerprint density at radius 2 is 1.50 bits per heavy atom. The van der Waals surface area contributed by atoms with Gasteiger partial charge in [0.25, 0.3) is 0 Å². The van der Waals surface area contributed by atoms with Crippen LogP contribution in [0.25, 0.3) is 0 Å². The maximum atomic E-state index is 4.03. The molecule has 0 aromatic rings. The second-order valence-electron chi connectivity index (χ2n) is 8.38. The summed E-state index contributed by atoms with van der Waals surface area (Å²) < 4.78 is 0. The summed E-state index contributed by atoms with van der Waals surface area (Å²) >= 11 is 2.20. The lowest BCUT2D eigenvalue weighted by Crippen LogP contribution is -2.63. The Labute approximate surface area is 116 Å². The van der Waals surface area contributed by atoms with Gasteiger partial charge in [0.2, 0.25) is 0 Å². The zero-order valence-electron chi connectivity index (χ0n) is 11.9. The van der Waals surface area contributed by atoms with Crippen LogP contribution in [0.15, 0.2) is 0 Å². The van der Waals surface area contributed by atoms with Crippen LogP contribution in [-0.4, -0.2) is 23.1 Å². The zero-order chi connectivity index (χ0) is 12.4. The lowest BCUT2D eigenvalue weighted by molar-refractivity contribution is -0.0736. The standard InChI is InChI=1S/C16H27NS/c1-15(2)10-18-9-14(17-15)16-6-11-3-12(7-16)5-13(4-11)8-16/h11-14,17H,3-10H2,1-2H3. The summed E-state index contributed by atoms with van der Waals surface area (Å²) in [6.45, 7) is 4.79. The molecule has 1 atom stereocenters. The summed E-state index contributed by atoms with van der Waals surface area (Å²) in [6, 6.07) is 0.805. The fourth-order valence-corrected chi connectivity index (χ4v) is 7.31. The summed E-state index contributed by atoms with van der Waals surface area (Å²) in [4.78, 5) is 0. The zero-order valence-corrected chi connectivity index (χ0v) is 12.7. The van der Waals surface area contributed by atoms with Gasteiger partial charge in [-0.05, 0) is 75.5 Å². The predicted molar refractivity (Wildman–Crippen MR) is 78.9 cm³/mol. The van der Waals surface area contributed by atoms with Crippen molar-refractivity contribution in [3.63, 3.8) is 0 Å². The summed E-state index contributed by atoms with van der Waals surface area (Å²) in [5, 5.41) is 4.03. The van der Waals surface area contributed by atoms with Gasteiger partial charge >= 0.3 is 0 Å². The largest absolute Gasteiger partial charge is 0.307 e. The second-order valence-corrected chi connectivity index (χ2v) is 9.41. The van der Waals surface area contributed by atoms with Crippen LogP contribution >= 0.6 is 11.8 Å². The van der Waals surface area contributed by atoms with Crippen LogP contribution in [0.1, 0.15) is 52.4 Å². The quantitative estimate of drug-likeness (QED) is 0.776. The number of nitrogens with one attached hydrogen (secondary N) is 1. The lowest BCUT2D eigenvalue weighted by atomic mass is 9.47. The van der Waals surface area contributed by atoms with E-state index in [4.69, 9.17) is 0 Å². The van der Waals surface area contributed by atoms with E-state index in [9.17, 15) is 0 Å². The summed E-state index contributed by atoms with van der Waals surface area (Å²) in [6.07, 6.45) is 9.36. The van der Waals surface area contributed by atoms with Gasteiger partial charge in [0.15, 0.2) is 0 Å². The van der Waals surface area contributed by atoms with Crippen molar-refractivity contribution in [1.82, 2.24) is 5.32 Å². The van der Waals surface area contributed by atoms with E-state index >= 15 is 0 Å². The maximum absolute atomic E-state index is 4.03. The van der Waals surface area contributed by atoms with Crippen LogP contribution < -0.4 is 5.32 Å². The predicted octanol–water partition coefficient (Wildman–Crippen LogP) is 3.69. The molecule has 1 saturated heterocycles. The van der Waals surface area contributed by atoms with E-state index in [0.717, 1.165) is 23.8 Å². The SMILES string of the molecule is CC1(C)CSCC(C23CC4CC(CC(C4)C2)C3)N1. The minimum absolute atomic E-state index is 0.358. The molecule has 102 valence electrons. The monoisotopic (exact) mass is 265 g/mol. The van der Waals surface area contributed by atoms with Crippen molar-refractivity contribution >= 4 is 11.8 Å². The molecule has 0 amide bonds. The highest BCUT2D eigenvalue weighted by Crippen LogP contribution is 2.61. The molecule has 0 aromatic heterocycles. The highest BCUT2D eigenvalue weighted by Gasteiger charge is 2.55. The van der Waals surface area contributed by atoms with Crippen molar-refractivity contribution in [2.45, 2.75) is 64.0 Å². The lowest BCUT2D eigenvalue weighted by Gasteiger charge is -2.61. The number of hydrogen-bond acceptors (Lipinski definition) is 2. The molecule has 5 aliphatic rings. The first-order valence-corrected chi connectivity index (χ1v) is 9.06. The van der Waals surface area contributed by atoms with Gasteiger partial charge < -0.3 is 5.32 Å². The van der Waals surface area contributed by atoms with Crippen LogP contribution in [0.2, 0.25) is 0 Å². The van der Waals surface area contributed by atoms with E-state index in [0.29, 0.717) is 11.0 Å². The third-order valence-electron chi connectivity index (χ3n) is 6.14. The van der Waals surface area contributed by atoms with Gasteiger partial charge in [-0.15, -0.1) is 0 Å². The molecule has 4 bridgehead atoms. The Morgan fingerprint density at radius 1 is 0.944 bits per heavy atom. The van der Waals surface area contributed by atoms with Crippen molar-refractivity contribution in [3.05, 3.63) is 0 Å². The minimum atomic E-state index is 0.358. The smallest absolute Gasteiger partial charge is 0.0220 e. The van der Waals surface area contributed by atoms with Gasteiger partial charge in [0.05, 0.1) is 0 Å². The van der Waals surface area contributed by atoms with E-state index in [1.54, 1.807) is 38.5 Å². The Balaban J connectivity index is 1.59. The van der Waals surface area contributed by atoms with Crippen LogP contribution in [0, 0.1) is 23.2 Å². The molecule has 4 saturated carbocycles. The van der Waals surface area contributed by atoms with Gasteiger partial charge in [0.1, 0.15) is 0 Å². The average Bonchev–Trinajstić information content (AvgIpc) is 2.25. The van der Waals surface area contributed by atoms with Crippen molar-refractivity contribution in [1.29, 1.82) is 0 Å². The molecule has 2 heteroatoms. The Hall–Kier alpha value is 0.310. The Bertz CT molecular complexity index is 314. The summed E-state index contributed by atoms with van der Waals surface area (Å²) in [7, 11) is 0. The van der Waals surface area contributed by atoms with Crippen LogP contribution in [0.4, 0.5) is 0 Å². The molecule has 1 unspecified atom stereocenters. The van der Waals surface area contributed by atoms with Crippen LogP contribution in [0.3, 0.4) is 0 Å². The van der Waals surface area contributed by atoms with E-state index in [2.05, 4.69) is 30.9 Å². The first-order chi connectivity index (χ1) is 8.55. The maximum Gasteiger partial charge on any atom is 0.0220 e. The molecule has 0 radical (unpaired) electrons. The first-order valence-electron chi connectivity index (χ1n) is 7.90. The fraction of sp³-hybridized carbons (Fsp3) is 1.00. The number of hydrogen-bond donors (Lipinski definition) is 1. The third kappa shape index (κ3) is 1.86. The normalized spacial score (nSPS) is 53.7. The average molecular weight is 265 g/mol. The van der Waals surface area contributed by atoms with Crippen molar-refractivity contribution in [3.8, 4) is 0 Å². The molecule has 1 aliphatic heterocycles. The van der Waals surface area contributed by atoms with Crippen molar-refractivity contribution < 1.29 is 0 Å². The molecule has 5 rings (SSSR count). The summed E-state index contributed by atoms with van der Waals surface area (Å²) in [5.41, 5.74) is 1.05. The molecule has 1 nitrogen and oxygen atoms in total. The molecule has 0 aromatic carbocycles.